The molecule has 9 heteroatoms. The zero-order valence-corrected chi connectivity index (χ0v) is 52.1. The van der Waals surface area contributed by atoms with Crippen LogP contribution in [0.5, 0.6) is 34.5 Å². The van der Waals surface area contributed by atoms with E-state index in [0.29, 0.717) is 61.4 Å². The predicted molar refractivity (Wildman–Crippen MR) is 333 cm³/mol. The molecule has 0 aliphatic heterocycles. The molecule has 0 fully saturated rings. The second-order valence-corrected chi connectivity index (χ2v) is 29.6. The van der Waals surface area contributed by atoms with Crippen LogP contribution in [-0.2, 0) is 77.6 Å². The van der Waals surface area contributed by atoms with Gasteiger partial charge in [-0.1, -0.05) is 197 Å². The maximum Gasteiger partial charge on any atom is 0.269 e. The normalized spacial score (nSPS) is 13.8. The van der Waals surface area contributed by atoms with Crippen LogP contribution in [0.4, 0.5) is 5.69 Å². The number of nitro groups is 1. The van der Waals surface area contributed by atoms with Crippen molar-refractivity contribution in [1.82, 2.24) is 0 Å². The molecule has 7 aromatic rings. The number of phenols is 5. The van der Waals surface area contributed by atoms with Gasteiger partial charge in [-0.2, -0.15) is 0 Å². The van der Waals surface area contributed by atoms with Gasteiger partial charge in [0.15, 0.2) is 0 Å². The molecule has 0 aromatic heterocycles. The van der Waals surface area contributed by atoms with Gasteiger partial charge in [0.05, 0.1) is 4.92 Å². The fourth-order valence-electron chi connectivity index (χ4n) is 11.0. The van der Waals surface area contributed by atoms with E-state index in [0.717, 1.165) is 50.1 Å². The molecule has 0 saturated heterocycles. The first kappa shape index (κ1) is 60.8. The number of aromatic hydroxyl groups is 5. The van der Waals surface area contributed by atoms with E-state index in [4.69, 9.17) is 4.74 Å². The number of hydrogen-bond donors (Lipinski definition) is 5. The second-order valence-electron chi connectivity index (χ2n) is 29.6. The molecule has 7 aromatic carbocycles. The van der Waals surface area contributed by atoms with Gasteiger partial charge in [-0.25, -0.2) is 0 Å². The van der Waals surface area contributed by atoms with Gasteiger partial charge < -0.3 is 30.3 Å². The number of phenolic OH excluding ortho intramolecular Hbond substituents is 5. The monoisotopic (exact) mass is 1110 g/mol. The van der Waals surface area contributed by atoms with Crippen molar-refractivity contribution in [2.24, 2.45) is 0 Å². The fraction of sp³-hybridized carbons (Fsp3) is 0.425. The molecule has 1 aliphatic rings. The highest BCUT2D eigenvalue weighted by molar-refractivity contribution is 5.61. The van der Waals surface area contributed by atoms with Crippen LogP contribution in [-0.4, -0.2) is 30.5 Å². The van der Waals surface area contributed by atoms with E-state index in [1.807, 2.05) is 36.4 Å². The molecule has 0 spiro atoms. The molecule has 1 aliphatic carbocycles. The summed E-state index contributed by atoms with van der Waals surface area (Å²) in [6.45, 7) is 38.8. The van der Waals surface area contributed by atoms with E-state index < -0.39 is 4.92 Å². The molecular formula is C73H89NO8. The van der Waals surface area contributed by atoms with Gasteiger partial charge in [-0.15, -0.1) is 0 Å². The average molecular weight is 1110 g/mol. The molecule has 0 radical (unpaired) electrons. The number of hydrogen-bond acceptors (Lipinski definition) is 8. The molecule has 0 heterocycles. The van der Waals surface area contributed by atoms with Gasteiger partial charge in [-0.05, 0) is 150 Å². The number of rotatable bonds is 4. The van der Waals surface area contributed by atoms with E-state index in [9.17, 15) is 35.6 Å². The van der Waals surface area contributed by atoms with E-state index >= 15 is 0 Å². The average Bonchev–Trinajstić information content (AvgIpc) is 2.96. The van der Waals surface area contributed by atoms with Crippen LogP contribution in [0, 0.1) is 10.1 Å². The maximum atomic E-state index is 12.8. The summed E-state index contributed by atoms with van der Waals surface area (Å²) in [4.78, 5) is 11.3. The third kappa shape index (κ3) is 13.3. The molecule has 8 rings (SSSR count). The Balaban J connectivity index is 1.47. The SMILES string of the molecule is CC(C)(C)c1cc2c(O)c(c1)Cc1cc(C(C)(C)C)cc(c1O)Cc1cc(C(C)(C)C)cc(c1O)Cc1cc(C(C)(C)C)cc(c1OCc1ccc([N+](=O)[O-])cc1)Cc1cc(C(C)(C)C)cc(c1O)Cc1cc(C(C)(C)C)cc(c1O)C2. The zero-order chi connectivity index (χ0) is 60.6. The Kier molecular flexibility index (Phi) is 16.2. The van der Waals surface area contributed by atoms with Crippen molar-refractivity contribution in [2.75, 3.05) is 0 Å². The van der Waals surface area contributed by atoms with Crippen molar-refractivity contribution >= 4 is 5.69 Å². The van der Waals surface area contributed by atoms with Crippen LogP contribution < -0.4 is 4.74 Å². The summed E-state index contributed by atoms with van der Waals surface area (Å²) in [7, 11) is 0. The number of nitrogens with zero attached hydrogens (tertiary/aromatic N) is 1. The molecule has 82 heavy (non-hydrogen) atoms. The van der Waals surface area contributed by atoms with Crippen LogP contribution in [0.25, 0.3) is 0 Å². The summed E-state index contributed by atoms with van der Waals surface area (Å²) < 4.78 is 7.02. The maximum absolute atomic E-state index is 12.8. The van der Waals surface area contributed by atoms with Gasteiger partial charge >= 0.3 is 0 Å². The molecule has 12 bridgehead atoms. The van der Waals surface area contributed by atoms with Gasteiger partial charge in [0.1, 0.15) is 41.1 Å². The lowest BCUT2D eigenvalue weighted by atomic mass is 9.79. The lowest BCUT2D eigenvalue weighted by molar-refractivity contribution is -0.384. The lowest BCUT2D eigenvalue weighted by Crippen LogP contribution is -2.16. The van der Waals surface area contributed by atoms with Crippen molar-refractivity contribution in [2.45, 2.75) is 202 Å². The van der Waals surface area contributed by atoms with E-state index in [-0.39, 0.29) is 112 Å². The smallest absolute Gasteiger partial charge is 0.269 e. The standard InChI is InChI=1S/C73H89NO8/c1-68(2,3)55-29-43-23-45-31-56(69(4,5)6)33-47(63(45)76)25-49-35-58(71(10,11)12)37-51(65(49)78)27-53-39-60(73(16,17)18)40-54(67(53)82-41-42-19-21-61(22-20-42)74(80)81)28-52-38-59(72(13,14)15)36-50(66(52)79)26-48-34-57(70(7,8)9)32-46(64(48)77)24-44(30-55)62(43)75/h19-22,29-40,75-79H,23-28,41H2,1-18H3. The van der Waals surface area contributed by atoms with Crippen molar-refractivity contribution < 1.29 is 35.2 Å². The lowest BCUT2D eigenvalue weighted by Gasteiger charge is -2.27. The fourth-order valence-corrected chi connectivity index (χ4v) is 11.0. The first-order chi connectivity index (χ1) is 37.8. The van der Waals surface area contributed by atoms with Gasteiger partial charge in [-0.3, -0.25) is 10.1 Å². The van der Waals surface area contributed by atoms with E-state index in [1.54, 1.807) is 12.1 Å². The number of benzene rings is 7. The van der Waals surface area contributed by atoms with Crippen molar-refractivity contribution in [3.63, 3.8) is 0 Å². The topological polar surface area (TPSA) is 154 Å². The zero-order valence-electron chi connectivity index (χ0n) is 52.1. The van der Waals surface area contributed by atoms with Crippen LogP contribution >= 0.6 is 0 Å². The molecule has 0 amide bonds. The minimum absolute atomic E-state index is 0.0225. The summed E-state index contributed by atoms with van der Waals surface area (Å²) in [5, 5.41) is 75.3. The van der Waals surface area contributed by atoms with Gasteiger partial charge in [0, 0.05) is 50.7 Å². The molecule has 0 unspecified atom stereocenters. The summed E-state index contributed by atoms with van der Waals surface area (Å²) in [5.41, 5.74) is 12.9. The highest BCUT2D eigenvalue weighted by Gasteiger charge is 2.30. The van der Waals surface area contributed by atoms with E-state index in [2.05, 4.69) is 161 Å². The van der Waals surface area contributed by atoms with Crippen LogP contribution in [0.15, 0.2) is 97.1 Å². The van der Waals surface area contributed by atoms with Crippen LogP contribution in [0.2, 0.25) is 0 Å². The third-order valence-corrected chi connectivity index (χ3v) is 16.6. The Bertz CT molecular complexity index is 3410. The van der Waals surface area contributed by atoms with Crippen molar-refractivity contribution in [3.8, 4) is 34.5 Å². The van der Waals surface area contributed by atoms with Crippen LogP contribution in [0.3, 0.4) is 0 Å². The van der Waals surface area contributed by atoms with Gasteiger partial charge in [0.2, 0.25) is 0 Å². The largest absolute Gasteiger partial charge is 0.507 e. The predicted octanol–water partition coefficient (Wildman–Crippen LogP) is 17.3. The second kappa shape index (κ2) is 21.8. The Labute approximate surface area is 488 Å². The Morgan fingerprint density at radius 2 is 0.524 bits per heavy atom. The number of ether oxygens (including phenoxy) is 1. The quantitative estimate of drug-likeness (QED) is 0.0862. The molecule has 5 N–H and O–H groups in total. The Morgan fingerprint density at radius 1 is 0.341 bits per heavy atom. The Hall–Kier alpha value is -7.26. The number of fused-ring (bicyclic) bond motifs is 12. The molecule has 0 saturated carbocycles. The Morgan fingerprint density at radius 3 is 0.707 bits per heavy atom. The summed E-state index contributed by atoms with van der Waals surface area (Å²) in [6.07, 6.45) is 1.35. The first-order valence-corrected chi connectivity index (χ1v) is 29.0. The highest BCUT2D eigenvalue weighted by atomic mass is 16.6. The molecule has 0 atom stereocenters. The highest BCUT2D eigenvalue weighted by Crippen LogP contribution is 2.45. The molecule has 434 valence electrons. The molecular weight excluding hydrogens is 1020 g/mol. The summed E-state index contributed by atoms with van der Waals surface area (Å²) in [5.74, 6) is 1.08. The van der Waals surface area contributed by atoms with Gasteiger partial charge in [0.25, 0.3) is 5.69 Å². The van der Waals surface area contributed by atoms with Crippen molar-refractivity contribution in [3.05, 3.63) is 213 Å². The van der Waals surface area contributed by atoms with Crippen molar-refractivity contribution in [1.29, 1.82) is 0 Å². The third-order valence-electron chi connectivity index (χ3n) is 16.6. The summed E-state index contributed by atoms with van der Waals surface area (Å²) >= 11 is 0. The minimum atomic E-state index is -0.419. The number of nitro benzene ring substituents is 1. The number of non-ortho nitro benzene ring substituents is 1. The first-order valence-electron chi connectivity index (χ1n) is 29.0. The molecule has 9 nitrogen and oxygen atoms in total. The van der Waals surface area contributed by atoms with E-state index in [1.165, 1.54) is 12.1 Å². The minimum Gasteiger partial charge on any atom is -0.507 e. The van der Waals surface area contributed by atoms with Crippen LogP contribution in [0.1, 0.15) is 230 Å². The summed E-state index contributed by atoms with van der Waals surface area (Å²) in [6, 6.07) is 31.2.